The minimum Gasteiger partial charge on any atom is -0.389 e. The summed E-state index contributed by atoms with van der Waals surface area (Å²) < 4.78 is 0. The summed E-state index contributed by atoms with van der Waals surface area (Å²) in [5.41, 5.74) is 0.291. The van der Waals surface area contributed by atoms with Crippen LogP contribution in [-0.2, 0) is 0 Å². The normalized spacial score (nSPS) is 34.8. The Balaban J connectivity index is 2.21. The van der Waals surface area contributed by atoms with Gasteiger partial charge in [-0.15, -0.1) is 0 Å². The van der Waals surface area contributed by atoms with Crippen molar-refractivity contribution < 1.29 is 5.11 Å². The lowest BCUT2D eigenvalue weighted by Crippen LogP contribution is -2.35. The van der Waals surface area contributed by atoms with Crippen LogP contribution in [0, 0.1) is 0 Å². The topological polar surface area (TPSA) is 61.8 Å². The van der Waals surface area contributed by atoms with Gasteiger partial charge in [0.1, 0.15) is 0 Å². The van der Waals surface area contributed by atoms with Gasteiger partial charge in [0.05, 0.1) is 17.5 Å². The Bertz CT molecular complexity index is 268. The van der Waals surface area contributed by atoms with E-state index in [0.717, 1.165) is 25.0 Å². The maximum Gasteiger partial charge on any atom is 0.0884 e. The Morgan fingerprint density at radius 3 is 3.08 bits per heavy atom. The zero-order valence-electron chi connectivity index (χ0n) is 7.82. The molecular formula is C9H15N3O. The second-order valence-corrected chi connectivity index (χ2v) is 4.05. The van der Waals surface area contributed by atoms with Crippen LogP contribution < -0.4 is 0 Å². The van der Waals surface area contributed by atoms with E-state index in [4.69, 9.17) is 0 Å². The first-order valence-electron chi connectivity index (χ1n) is 4.78. The average molecular weight is 181 g/mol. The van der Waals surface area contributed by atoms with Crippen molar-refractivity contribution in [1.29, 1.82) is 0 Å². The standard InChI is InChI=1S/C9H15N3O/c1-9(13)5-3-2-4-7(9)8-6-10-12-11-8/h6-7,13H,2-5H2,1H3,(H,10,11,12). The zero-order chi connectivity index (χ0) is 9.31. The van der Waals surface area contributed by atoms with Crippen molar-refractivity contribution in [1.82, 2.24) is 15.4 Å². The highest BCUT2D eigenvalue weighted by atomic mass is 16.3. The van der Waals surface area contributed by atoms with E-state index >= 15 is 0 Å². The minimum absolute atomic E-state index is 0.153. The number of nitrogens with zero attached hydrogens (tertiary/aromatic N) is 2. The summed E-state index contributed by atoms with van der Waals surface area (Å²) >= 11 is 0. The van der Waals surface area contributed by atoms with Crippen LogP contribution >= 0.6 is 0 Å². The Kier molecular flexibility index (Phi) is 2.07. The Morgan fingerprint density at radius 2 is 2.46 bits per heavy atom. The Morgan fingerprint density at radius 1 is 1.62 bits per heavy atom. The molecule has 2 unspecified atom stereocenters. The molecule has 2 rings (SSSR count). The van der Waals surface area contributed by atoms with E-state index in [0.29, 0.717) is 0 Å². The van der Waals surface area contributed by atoms with E-state index < -0.39 is 5.60 Å². The Hall–Kier alpha value is -0.900. The first-order valence-corrected chi connectivity index (χ1v) is 4.78. The van der Waals surface area contributed by atoms with Gasteiger partial charge in [-0.3, -0.25) is 0 Å². The summed E-state index contributed by atoms with van der Waals surface area (Å²) in [5, 5.41) is 20.5. The van der Waals surface area contributed by atoms with Gasteiger partial charge in [-0.2, -0.15) is 15.4 Å². The number of aromatic nitrogens is 3. The van der Waals surface area contributed by atoms with Crippen molar-refractivity contribution in [2.45, 2.75) is 44.1 Å². The molecule has 1 aliphatic rings. The second-order valence-electron chi connectivity index (χ2n) is 4.05. The molecule has 1 aliphatic carbocycles. The highest BCUT2D eigenvalue weighted by Gasteiger charge is 2.36. The van der Waals surface area contributed by atoms with E-state index in [1.54, 1.807) is 6.20 Å². The van der Waals surface area contributed by atoms with Crippen LogP contribution in [0.3, 0.4) is 0 Å². The molecule has 2 atom stereocenters. The molecular weight excluding hydrogens is 166 g/mol. The molecule has 0 aromatic carbocycles. The number of hydrogen-bond acceptors (Lipinski definition) is 3. The molecule has 1 aromatic heterocycles. The molecule has 2 N–H and O–H groups in total. The third-order valence-electron chi connectivity index (χ3n) is 2.97. The van der Waals surface area contributed by atoms with Crippen LogP contribution in [0.4, 0.5) is 0 Å². The monoisotopic (exact) mass is 181 g/mol. The zero-order valence-corrected chi connectivity index (χ0v) is 7.82. The van der Waals surface area contributed by atoms with Crippen molar-refractivity contribution in [3.8, 4) is 0 Å². The lowest BCUT2D eigenvalue weighted by molar-refractivity contribution is -0.000693. The summed E-state index contributed by atoms with van der Waals surface area (Å²) in [6.07, 6.45) is 5.88. The first-order chi connectivity index (χ1) is 6.20. The lowest BCUT2D eigenvalue weighted by atomic mass is 9.75. The van der Waals surface area contributed by atoms with E-state index in [1.807, 2.05) is 6.92 Å². The number of aliphatic hydroxyl groups is 1. The van der Waals surface area contributed by atoms with Gasteiger partial charge >= 0.3 is 0 Å². The molecule has 0 saturated heterocycles. The van der Waals surface area contributed by atoms with Gasteiger partial charge < -0.3 is 5.11 Å². The largest absolute Gasteiger partial charge is 0.389 e. The third-order valence-corrected chi connectivity index (χ3v) is 2.97. The summed E-state index contributed by atoms with van der Waals surface area (Å²) in [7, 11) is 0. The van der Waals surface area contributed by atoms with E-state index in [-0.39, 0.29) is 5.92 Å². The summed E-state index contributed by atoms with van der Waals surface area (Å²) in [6.45, 7) is 1.89. The first kappa shape index (κ1) is 8.69. The van der Waals surface area contributed by atoms with Crippen molar-refractivity contribution in [2.24, 2.45) is 0 Å². The van der Waals surface area contributed by atoms with Crippen molar-refractivity contribution >= 4 is 0 Å². The van der Waals surface area contributed by atoms with Gasteiger partial charge in [-0.05, 0) is 19.8 Å². The van der Waals surface area contributed by atoms with Gasteiger partial charge in [-0.1, -0.05) is 12.8 Å². The lowest BCUT2D eigenvalue weighted by Gasteiger charge is -2.35. The fraction of sp³-hybridized carbons (Fsp3) is 0.778. The van der Waals surface area contributed by atoms with Crippen molar-refractivity contribution in [2.75, 3.05) is 0 Å². The predicted molar refractivity (Wildman–Crippen MR) is 48.2 cm³/mol. The van der Waals surface area contributed by atoms with Gasteiger partial charge in [0.25, 0.3) is 0 Å². The van der Waals surface area contributed by atoms with E-state index in [1.165, 1.54) is 6.42 Å². The molecule has 1 aromatic rings. The highest BCUT2D eigenvalue weighted by Crippen LogP contribution is 2.39. The summed E-state index contributed by atoms with van der Waals surface area (Å²) in [6, 6.07) is 0. The predicted octanol–water partition coefficient (Wildman–Crippen LogP) is 1.21. The summed E-state index contributed by atoms with van der Waals surface area (Å²) in [4.78, 5) is 0. The highest BCUT2D eigenvalue weighted by molar-refractivity contribution is 5.09. The maximum absolute atomic E-state index is 10.1. The number of H-pyrrole nitrogens is 1. The fourth-order valence-corrected chi connectivity index (χ4v) is 2.16. The SMILES string of the molecule is CC1(O)CCCCC1c1cn[nH]n1. The van der Waals surface area contributed by atoms with Crippen LogP contribution in [0.5, 0.6) is 0 Å². The van der Waals surface area contributed by atoms with E-state index in [2.05, 4.69) is 15.4 Å². The molecule has 1 saturated carbocycles. The number of nitrogens with one attached hydrogen (secondary N) is 1. The molecule has 4 nitrogen and oxygen atoms in total. The third kappa shape index (κ3) is 1.58. The van der Waals surface area contributed by atoms with Crippen LogP contribution in [0.1, 0.15) is 44.2 Å². The molecule has 0 bridgehead atoms. The van der Waals surface area contributed by atoms with Gasteiger partial charge in [0, 0.05) is 5.92 Å². The molecule has 1 heterocycles. The van der Waals surface area contributed by atoms with Crippen LogP contribution in [0.25, 0.3) is 0 Å². The van der Waals surface area contributed by atoms with Crippen molar-refractivity contribution in [3.63, 3.8) is 0 Å². The van der Waals surface area contributed by atoms with Crippen LogP contribution in [0.15, 0.2) is 6.20 Å². The molecule has 0 aliphatic heterocycles. The van der Waals surface area contributed by atoms with Crippen LogP contribution in [0.2, 0.25) is 0 Å². The number of hydrogen-bond donors (Lipinski definition) is 2. The molecule has 72 valence electrons. The molecule has 0 radical (unpaired) electrons. The van der Waals surface area contributed by atoms with Crippen molar-refractivity contribution in [3.05, 3.63) is 11.9 Å². The fourth-order valence-electron chi connectivity index (χ4n) is 2.16. The smallest absolute Gasteiger partial charge is 0.0884 e. The molecule has 4 heteroatoms. The van der Waals surface area contributed by atoms with Crippen LogP contribution in [-0.4, -0.2) is 26.1 Å². The van der Waals surface area contributed by atoms with Gasteiger partial charge in [0.2, 0.25) is 0 Å². The summed E-state index contributed by atoms with van der Waals surface area (Å²) in [5.74, 6) is 0.153. The second kappa shape index (κ2) is 3.10. The molecule has 1 fully saturated rings. The van der Waals surface area contributed by atoms with E-state index in [9.17, 15) is 5.11 Å². The van der Waals surface area contributed by atoms with Gasteiger partial charge in [-0.25, -0.2) is 0 Å². The number of aromatic amines is 1. The molecule has 13 heavy (non-hydrogen) atoms. The average Bonchev–Trinajstić information content (AvgIpc) is 2.55. The number of rotatable bonds is 1. The maximum atomic E-state index is 10.1. The molecule has 0 spiro atoms. The Labute approximate surface area is 77.4 Å². The van der Waals surface area contributed by atoms with Gasteiger partial charge in [0.15, 0.2) is 0 Å². The minimum atomic E-state index is -0.602. The molecule has 0 amide bonds. The quantitative estimate of drug-likeness (QED) is 0.684.